The number of aromatic nitrogens is 1. The molecule has 0 N–H and O–H groups in total. The quantitative estimate of drug-likeness (QED) is 0.395. The summed E-state index contributed by atoms with van der Waals surface area (Å²) in [6, 6.07) is 11.2. The minimum absolute atomic E-state index is 0. The van der Waals surface area contributed by atoms with Gasteiger partial charge < -0.3 is 14.2 Å². The number of fused-ring (bicyclic) bond motifs is 1. The number of carbonyl (C=O) groups is 1. The molecule has 1 aliphatic heterocycles. The highest BCUT2D eigenvalue weighted by Gasteiger charge is 2.23. The van der Waals surface area contributed by atoms with Crippen LogP contribution < -0.4 is 14.4 Å². The van der Waals surface area contributed by atoms with E-state index in [1.54, 1.807) is 37.3 Å². The van der Waals surface area contributed by atoms with Gasteiger partial charge in [-0.3, -0.25) is 14.6 Å². The summed E-state index contributed by atoms with van der Waals surface area (Å²) in [5.74, 6) is 1.03. The van der Waals surface area contributed by atoms with Crippen LogP contribution in [0.1, 0.15) is 16.8 Å². The van der Waals surface area contributed by atoms with Gasteiger partial charge in [0.1, 0.15) is 11.5 Å². The first-order valence-electron chi connectivity index (χ1n) is 10.5. The lowest BCUT2D eigenvalue weighted by Gasteiger charge is -2.27. The van der Waals surface area contributed by atoms with Gasteiger partial charge in [-0.25, -0.2) is 4.98 Å². The van der Waals surface area contributed by atoms with Crippen molar-refractivity contribution in [1.29, 1.82) is 0 Å². The molecule has 7 nitrogen and oxygen atoms in total. The third kappa shape index (κ3) is 6.36. The van der Waals surface area contributed by atoms with Crippen LogP contribution >= 0.6 is 39.7 Å². The van der Waals surface area contributed by atoms with E-state index in [1.807, 2.05) is 18.2 Å². The lowest BCUT2D eigenvalue weighted by atomic mass is 10.1. The Kier molecular flexibility index (Phi) is 9.34. The number of hydrogen-bond donors (Lipinski definition) is 0. The zero-order valence-electron chi connectivity index (χ0n) is 18.6. The Morgan fingerprint density at radius 1 is 1.15 bits per heavy atom. The van der Waals surface area contributed by atoms with Crippen molar-refractivity contribution in [2.75, 3.05) is 58.5 Å². The number of benzene rings is 2. The number of amides is 1. The molecule has 0 saturated carbocycles. The van der Waals surface area contributed by atoms with Crippen molar-refractivity contribution < 1.29 is 19.0 Å². The number of morpholine rings is 1. The molecule has 0 radical (unpaired) electrons. The summed E-state index contributed by atoms with van der Waals surface area (Å²) in [5, 5.41) is 0.687. The standard InChI is InChI=1S/C23H26BrN3O4S.ClH/c1-29-18-12-16(13-19(15-18)30-2)22(28)27(7-3-6-26-8-10-31-11-9-26)23-25-20-5-4-17(24)14-21(20)32-23;/h4-5,12-15H,3,6-11H2,1-2H3;1H. The average molecular weight is 557 g/mol. The van der Waals surface area contributed by atoms with Crippen molar-refractivity contribution in [3.05, 3.63) is 46.4 Å². The molecule has 178 valence electrons. The van der Waals surface area contributed by atoms with E-state index < -0.39 is 0 Å². The van der Waals surface area contributed by atoms with Crippen molar-refractivity contribution in [3.63, 3.8) is 0 Å². The lowest BCUT2D eigenvalue weighted by Crippen LogP contribution is -2.39. The highest BCUT2D eigenvalue weighted by molar-refractivity contribution is 9.10. The van der Waals surface area contributed by atoms with Crippen LogP contribution in [0.2, 0.25) is 0 Å². The second-order valence-corrected chi connectivity index (χ2v) is 9.40. The van der Waals surface area contributed by atoms with E-state index in [0.717, 1.165) is 54.0 Å². The van der Waals surface area contributed by atoms with Crippen molar-refractivity contribution in [3.8, 4) is 11.5 Å². The third-order valence-corrected chi connectivity index (χ3v) is 6.91. The molecule has 1 amide bonds. The maximum absolute atomic E-state index is 13.6. The monoisotopic (exact) mass is 555 g/mol. The van der Waals surface area contributed by atoms with Gasteiger partial charge in [0.2, 0.25) is 0 Å². The fourth-order valence-corrected chi connectivity index (χ4v) is 5.19. The number of rotatable bonds is 8. The summed E-state index contributed by atoms with van der Waals surface area (Å²) in [5.41, 5.74) is 1.38. The van der Waals surface area contributed by atoms with Crippen LogP contribution in [0.3, 0.4) is 0 Å². The molecule has 1 aromatic heterocycles. The molecule has 2 aromatic carbocycles. The number of hydrogen-bond acceptors (Lipinski definition) is 7. The van der Waals surface area contributed by atoms with E-state index in [9.17, 15) is 4.79 Å². The van der Waals surface area contributed by atoms with Gasteiger partial charge in [-0.05, 0) is 36.8 Å². The van der Waals surface area contributed by atoms with Crippen LogP contribution in [0.4, 0.5) is 5.13 Å². The van der Waals surface area contributed by atoms with Crippen LogP contribution in [0, 0.1) is 0 Å². The van der Waals surface area contributed by atoms with Gasteiger partial charge in [-0.15, -0.1) is 12.4 Å². The number of carbonyl (C=O) groups excluding carboxylic acids is 1. The number of ether oxygens (including phenoxy) is 3. The Bertz CT molecular complexity index is 1070. The normalized spacial score (nSPS) is 14.0. The maximum Gasteiger partial charge on any atom is 0.260 e. The van der Waals surface area contributed by atoms with Crippen LogP contribution in [-0.2, 0) is 4.74 Å². The zero-order valence-corrected chi connectivity index (χ0v) is 21.8. The third-order valence-electron chi connectivity index (χ3n) is 5.37. The average Bonchev–Trinajstić information content (AvgIpc) is 3.24. The minimum atomic E-state index is -0.123. The molecule has 0 spiro atoms. The summed E-state index contributed by atoms with van der Waals surface area (Å²) in [7, 11) is 3.16. The van der Waals surface area contributed by atoms with Gasteiger partial charge in [0.05, 0.1) is 37.6 Å². The van der Waals surface area contributed by atoms with Gasteiger partial charge >= 0.3 is 0 Å². The Hall–Kier alpha value is -1.91. The first-order valence-corrected chi connectivity index (χ1v) is 12.1. The molecule has 1 saturated heterocycles. The van der Waals surface area contributed by atoms with Crippen molar-refractivity contribution in [2.24, 2.45) is 0 Å². The van der Waals surface area contributed by atoms with Gasteiger partial charge in [0.25, 0.3) is 5.91 Å². The van der Waals surface area contributed by atoms with E-state index in [2.05, 4.69) is 20.8 Å². The number of thiazole rings is 1. The van der Waals surface area contributed by atoms with Gasteiger partial charge in [0, 0.05) is 42.3 Å². The fourth-order valence-electron chi connectivity index (χ4n) is 3.65. The van der Waals surface area contributed by atoms with Gasteiger partial charge in [0.15, 0.2) is 5.13 Å². The molecule has 1 fully saturated rings. The Morgan fingerprint density at radius 2 is 1.85 bits per heavy atom. The topological polar surface area (TPSA) is 64.1 Å². The zero-order chi connectivity index (χ0) is 22.5. The summed E-state index contributed by atoms with van der Waals surface area (Å²) < 4.78 is 18.2. The molecule has 4 rings (SSSR count). The van der Waals surface area contributed by atoms with E-state index in [-0.39, 0.29) is 18.3 Å². The highest BCUT2D eigenvalue weighted by Crippen LogP contribution is 2.32. The molecule has 10 heteroatoms. The number of halogens is 2. The van der Waals surface area contributed by atoms with E-state index >= 15 is 0 Å². The Balaban J connectivity index is 0.00000306. The first-order chi connectivity index (χ1) is 15.6. The largest absolute Gasteiger partial charge is 0.497 e. The van der Waals surface area contributed by atoms with Crippen LogP contribution in [0.15, 0.2) is 40.9 Å². The number of nitrogens with zero attached hydrogens (tertiary/aromatic N) is 3. The SMILES string of the molecule is COc1cc(OC)cc(C(=O)N(CCCN2CCOCC2)c2nc3ccc(Br)cc3s2)c1.Cl. The van der Waals surface area contributed by atoms with Crippen LogP contribution in [0.5, 0.6) is 11.5 Å². The summed E-state index contributed by atoms with van der Waals surface area (Å²) in [6.07, 6.45) is 0.840. The van der Waals surface area contributed by atoms with Crippen molar-refractivity contribution in [2.45, 2.75) is 6.42 Å². The maximum atomic E-state index is 13.6. The molecular formula is C23H27BrClN3O4S. The number of anilines is 1. The highest BCUT2D eigenvalue weighted by atomic mass is 79.9. The van der Waals surface area contributed by atoms with E-state index in [0.29, 0.717) is 28.7 Å². The molecule has 0 aliphatic carbocycles. The first kappa shape index (κ1) is 25.7. The van der Waals surface area contributed by atoms with Gasteiger partial charge in [-0.2, -0.15) is 0 Å². The predicted octanol–water partition coefficient (Wildman–Crippen LogP) is 4.87. The summed E-state index contributed by atoms with van der Waals surface area (Å²) in [4.78, 5) is 22.5. The van der Waals surface area contributed by atoms with Gasteiger partial charge in [-0.1, -0.05) is 27.3 Å². The molecule has 3 aromatic rings. The van der Waals surface area contributed by atoms with E-state index in [1.165, 1.54) is 11.3 Å². The van der Waals surface area contributed by atoms with E-state index in [4.69, 9.17) is 19.2 Å². The predicted molar refractivity (Wildman–Crippen MR) is 138 cm³/mol. The molecule has 0 unspecified atom stereocenters. The van der Waals surface area contributed by atoms with Crippen LogP contribution in [-0.4, -0.2) is 69.4 Å². The second-order valence-electron chi connectivity index (χ2n) is 7.47. The molecule has 2 heterocycles. The Morgan fingerprint density at radius 3 is 2.52 bits per heavy atom. The molecular weight excluding hydrogens is 530 g/mol. The molecule has 1 aliphatic rings. The van der Waals surface area contributed by atoms with Crippen molar-refractivity contribution >= 4 is 60.9 Å². The summed E-state index contributed by atoms with van der Waals surface area (Å²) >= 11 is 5.03. The fraction of sp³-hybridized carbons (Fsp3) is 0.391. The van der Waals surface area contributed by atoms with Crippen LogP contribution in [0.25, 0.3) is 10.2 Å². The second kappa shape index (κ2) is 12.0. The van der Waals surface area contributed by atoms with Crippen molar-refractivity contribution in [1.82, 2.24) is 9.88 Å². The summed E-state index contributed by atoms with van der Waals surface area (Å²) in [6.45, 7) is 4.85. The number of methoxy groups -OCH3 is 2. The lowest BCUT2D eigenvalue weighted by molar-refractivity contribution is 0.0376. The smallest absolute Gasteiger partial charge is 0.260 e. The molecule has 33 heavy (non-hydrogen) atoms. The molecule has 0 atom stereocenters. The Labute approximate surface area is 212 Å². The minimum Gasteiger partial charge on any atom is -0.497 e. The molecule has 0 bridgehead atoms.